The zero-order valence-electron chi connectivity index (χ0n) is 11.5. The summed E-state index contributed by atoms with van der Waals surface area (Å²) in [7, 11) is 0. The highest BCUT2D eigenvalue weighted by Gasteiger charge is 2.14. The fourth-order valence-corrected chi connectivity index (χ4v) is 2.66. The Morgan fingerprint density at radius 1 is 1.00 bits per heavy atom. The lowest BCUT2D eigenvalue weighted by atomic mass is 10.0. The van der Waals surface area contributed by atoms with Gasteiger partial charge >= 0.3 is 0 Å². The van der Waals surface area contributed by atoms with E-state index in [0.717, 1.165) is 28.0 Å². The minimum atomic E-state index is -0.0798. The van der Waals surface area contributed by atoms with Crippen LogP contribution in [0.3, 0.4) is 0 Å². The predicted molar refractivity (Wildman–Crippen MR) is 80.9 cm³/mol. The second-order valence-electron chi connectivity index (χ2n) is 5.12. The van der Waals surface area contributed by atoms with Crippen molar-refractivity contribution >= 4 is 10.8 Å². The van der Waals surface area contributed by atoms with Crippen LogP contribution >= 0.6 is 0 Å². The summed E-state index contributed by atoms with van der Waals surface area (Å²) in [6, 6.07) is 13.4. The maximum atomic E-state index is 12.2. The lowest BCUT2D eigenvalue weighted by molar-refractivity contribution is 0.174. The maximum Gasteiger partial charge on any atom is 0.256 e. The van der Waals surface area contributed by atoms with Crippen LogP contribution in [-0.2, 0) is 0 Å². The summed E-state index contributed by atoms with van der Waals surface area (Å²) in [4.78, 5) is 15.2. The van der Waals surface area contributed by atoms with E-state index in [9.17, 15) is 4.79 Å². The number of rotatable bonds is 1. The zero-order chi connectivity index (χ0) is 14.4. The first-order valence-electron chi connectivity index (χ1n) is 6.75. The SMILES string of the molecule is Cc1cccc2c(=O)[nH]c(-c3ccc4c(c3)OCO4)cc12. The zero-order valence-corrected chi connectivity index (χ0v) is 11.5. The second-order valence-corrected chi connectivity index (χ2v) is 5.12. The first-order chi connectivity index (χ1) is 10.2. The molecule has 1 aromatic heterocycles. The van der Waals surface area contributed by atoms with Crippen LogP contribution in [0.4, 0.5) is 0 Å². The summed E-state index contributed by atoms with van der Waals surface area (Å²) >= 11 is 0. The van der Waals surface area contributed by atoms with E-state index in [0.29, 0.717) is 11.1 Å². The van der Waals surface area contributed by atoms with Crippen LogP contribution in [0.15, 0.2) is 47.3 Å². The quantitative estimate of drug-likeness (QED) is 0.744. The van der Waals surface area contributed by atoms with Crippen LogP contribution in [0, 0.1) is 6.92 Å². The molecule has 2 heterocycles. The predicted octanol–water partition coefficient (Wildman–Crippen LogP) is 3.23. The molecule has 1 aliphatic heterocycles. The van der Waals surface area contributed by atoms with E-state index >= 15 is 0 Å². The molecule has 2 aromatic carbocycles. The van der Waals surface area contributed by atoms with Crippen LogP contribution in [0.2, 0.25) is 0 Å². The average Bonchev–Trinajstić information content (AvgIpc) is 2.95. The number of ether oxygens (including phenoxy) is 2. The van der Waals surface area contributed by atoms with Gasteiger partial charge in [-0.25, -0.2) is 0 Å². The Labute approximate surface area is 121 Å². The minimum Gasteiger partial charge on any atom is -0.454 e. The second kappa shape index (κ2) is 4.38. The van der Waals surface area contributed by atoms with Crippen LogP contribution in [0.25, 0.3) is 22.0 Å². The maximum absolute atomic E-state index is 12.2. The van der Waals surface area contributed by atoms with Crippen molar-refractivity contribution in [1.29, 1.82) is 0 Å². The van der Waals surface area contributed by atoms with Gasteiger partial charge in [-0.3, -0.25) is 4.79 Å². The molecule has 4 rings (SSSR count). The Hall–Kier alpha value is -2.75. The largest absolute Gasteiger partial charge is 0.454 e. The third-order valence-corrected chi connectivity index (χ3v) is 3.79. The Balaban J connectivity index is 1.95. The number of aromatic amines is 1. The van der Waals surface area contributed by atoms with Gasteiger partial charge in [0, 0.05) is 16.6 Å². The summed E-state index contributed by atoms with van der Waals surface area (Å²) in [5.74, 6) is 1.44. The van der Waals surface area contributed by atoms with Gasteiger partial charge in [0.25, 0.3) is 5.56 Å². The highest BCUT2D eigenvalue weighted by molar-refractivity contribution is 5.88. The van der Waals surface area contributed by atoms with Crippen molar-refractivity contribution in [3.8, 4) is 22.8 Å². The summed E-state index contributed by atoms with van der Waals surface area (Å²) < 4.78 is 10.7. The number of hydrogen-bond donors (Lipinski definition) is 1. The van der Waals surface area contributed by atoms with Gasteiger partial charge in [0.15, 0.2) is 11.5 Å². The fourth-order valence-electron chi connectivity index (χ4n) is 2.66. The lowest BCUT2D eigenvalue weighted by Gasteiger charge is -2.07. The first-order valence-corrected chi connectivity index (χ1v) is 6.75. The third-order valence-electron chi connectivity index (χ3n) is 3.79. The van der Waals surface area contributed by atoms with E-state index in [1.165, 1.54) is 0 Å². The molecule has 0 saturated carbocycles. The number of H-pyrrole nitrogens is 1. The highest BCUT2D eigenvalue weighted by atomic mass is 16.7. The Morgan fingerprint density at radius 2 is 1.86 bits per heavy atom. The number of hydrogen-bond acceptors (Lipinski definition) is 3. The monoisotopic (exact) mass is 279 g/mol. The Bertz CT molecular complexity index is 912. The highest BCUT2D eigenvalue weighted by Crippen LogP contribution is 2.35. The van der Waals surface area contributed by atoms with Crippen LogP contribution in [0.5, 0.6) is 11.5 Å². The fraction of sp³-hybridized carbons (Fsp3) is 0.118. The van der Waals surface area contributed by atoms with Gasteiger partial charge in [0.05, 0.1) is 0 Å². The van der Waals surface area contributed by atoms with Crippen molar-refractivity contribution in [3.05, 3.63) is 58.4 Å². The number of aromatic nitrogens is 1. The third kappa shape index (κ3) is 1.88. The van der Waals surface area contributed by atoms with E-state index < -0.39 is 0 Å². The van der Waals surface area contributed by atoms with Gasteiger partial charge in [-0.05, 0) is 48.2 Å². The summed E-state index contributed by atoms with van der Waals surface area (Å²) in [5.41, 5.74) is 2.69. The Morgan fingerprint density at radius 3 is 2.76 bits per heavy atom. The van der Waals surface area contributed by atoms with Gasteiger partial charge < -0.3 is 14.5 Å². The summed E-state index contributed by atoms with van der Waals surface area (Å²) in [5, 5.41) is 1.67. The van der Waals surface area contributed by atoms with E-state index in [1.807, 2.05) is 49.4 Å². The normalized spacial score (nSPS) is 12.8. The first kappa shape index (κ1) is 12.0. The molecular formula is C17H13NO3. The van der Waals surface area contributed by atoms with E-state index in [2.05, 4.69) is 4.98 Å². The number of fused-ring (bicyclic) bond motifs is 2. The van der Waals surface area contributed by atoms with Crippen molar-refractivity contribution in [3.63, 3.8) is 0 Å². The number of benzene rings is 2. The molecule has 4 heteroatoms. The number of pyridine rings is 1. The number of aryl methyl sites for hydroxylation is 1. The molecule has 1 N–H and O–H groups in total. The average molecular weight is 279 g/mol. The molecule has 21 heavy (non-hydrogen) atoms. The van der Waals surface area contributed by atoms with E-state index in [-0.39, 0.29) is 12.4 Å². The molecule has 0 saturated heterocycles. The summed E-state index contributed by atoms with van der Waals surface area (Å²) in [6.45, 7) is 2.25. The standard InChI is InChI=1S/C17H13NO3/c1-10-3-2-4-12-13(10)8-14(18-17(12)19)11-5-6-15-16(7-11)21-9-20-15/h2-8H,9H2,1H3,(H,18,19). The number of nitrogens with one attached hydrogen (secondary N) is 1. The van der Waals surface area contributed by atoms with Gasteiger partial charge in [-0.15, -0.1) is 0 Å². The summed E-state index contributed by atoms with van der Waals surface area (Å²) in [6.07, 6.45) is 0. The molecule has 0 aliphatic carbocycles. The molecule has 4 nitrogen and oxygen atoms in total. The van der Waals surface area contributed by atoms with Gasteiger partial charge in [-0.2, -0.15) is 0 Å². The molecule has 104 valence electrons. The van der Waals surface area contributed by atoms with Crippen LogP contribution < -0.4 is 15.0 Å². The molecular weight excluding hydrogens is 266 g/mol. The smallest absolute Gasteiger partial charge is 0.256 e. The topological polar surface area (TPSA) is 51.3 Å². The molecule has 1 aliphatic rings. The lowest BCUT2D eigenvalue weighted by Crippen LogP contribution is -2.07. The molecule has 0 amide bonds. The van der Waals surface area contributed by atoms with E-state index in [4.69, 9.17) is 9.47 Å². The van der Waals surface area contributed by atoms with Crippen LogP contribution in [-0.4, -0.2) is 11.8 Å². The van der Waals surface area contributed by atoms with Crippen molar-refractivity contribution in [2.45, 2.75) is 6.92 Å². The van der Waals surface area contributed by atoms with Crippen molar-refractivity contribution in [2.75, 3.05) is 6.79 Å². The van der Waals surface area contributed by atoms with Crippen LogP contribution in [0.1, 0.15) is 5.56 Å². The molecule has 0 bridgehead atoms. The van der Waals surface area contributed by atoms with Gasteiger partial charge in [0.1, 0.15) is 0 Å². The van der Waals surface area contributed by atoms with Crippen molar-refractivity contribution in [1.82, 2.24) is 4.98 Å². The van der Waals surface area contributed by atoms with Crippen molar-refractivity contribution < 1.29 is 9.47 Å². The van der Waals surface area contributed by atoms with Crippen molar-refractivity contribution in [2.24, 2.45) is 0 Å². The van der Waals surface area contributed by atoms with E-state index in [1.54, 1.807) is 0 Å². The molecule has 0 unspecified atom stereocenters. The molecule has 0 atom stereocenters. The molecule has 0 fully saturated rings. The Kier molecular flexibility index (Phi) is 2.51. The molecule has 0 spiro atoms. The van der Waals surface area contributed by atoms with Gasteiger partial charge in [-0.1, -0.05) is 12.1 Å². The minimum absolute atomic E-state index is 0.0798. The van der Waals surface area contributed by atoms with Gasteiger partial charge in [0.2, 0.25) is 6.79 Å². The molecule has 0 radical (unpaired) electrons. The molecule has 3 aromatic rings.